The molecule has 3 rings (SSSR count). The second-order valence-corrected chi connectivity index (χ2v) is 6.67. The lowest BCUT2D eigenvalue weighted by Gasteiger charge is -2.25. The van der Waals surface area contributed by atoms with E-state index < -0.39 is 17.2 Å². The standard InChI is InChI=1S/C21H23FN2O4/c1-4-23-12-17(21(27)28-5-2)20(26)16-10-18(22)15(11-19(16)23)14-6-8-24(9-7-14)13(3)25/h6,10-12H,4-5,7-9H2,1-3H3. The Bertz CT molecular complexity index is 1040. The summed E-state index contributed by atoms with van der Waals surface area (Å²) >= 11 is 0. The second-order valence-electron chi connectivity index (χ2n) is 6.67. The average molecular weight is 386 g/mol. The van der Waals surface area contributed by atoms with Gasteiger partial charge in [-0.1, -0.05) is 6.08 Å². The molecule has 0 N–H and O–H groups in total. The van der Waals surface area contributed by atoms with Crippen LogP contribution in [0.25, 0.3) is 16.5 Å². The summed E-state index contributed by atoms with van der Waals surface area (Å²) in [6.45, 7) is 6.68. The minimum Gasteiger partial charge on any atom is -0.462 e. The number of hydrogen-bond acceptors (Lipinski definition) is 4. The molecule has 1 aromatic heterocycles. The normalized spacial score (nSPS) is 14.1. The number of ether oxygens (including phenoxy) is 1. The van der Waals surface area contributed by atoms with Crippen molar-refractivity contribution in [2.45, 2.75) is 33.7 Å². The number of rotatable bonds is 4. The number of benzene rings is 1. The van der Waals surface area contributed by atoms with E-state index in [0.29, 0.717) is 37.1 Å². The number of aromatic nitrogens is 1. The fourth-order valence-electron chi connectivity index (χ4n) is 3.47. The number of pyridine rings is 1. The first kappa shape index (κ1) is 19.8. The molecule has 1 amide bonds. The van der Waals surface area contributed by atoms with Gasteiger partial charge >= 0.3 is 5.97 Å². The first-order chi connectivity index (χ1) is 13.4. The fraction of sp³-hybridized carbons (Fsp3) is 0.381. The lowest BCUT2D eigenvalue weighted by Crippen LogP contribution is -2.32. The molecule has 1 aliphatic heterocycles. The number of fused-ring (bicyclic) bond motifs is 1. The summed E-state index contributed by atoms with van der Waals surface area (Å²) in [5.74, 6) is -1.24. The summed E-state index contributed by atoms with van der Waals surface area (Å²) < 4.78 is 21.6. The summed E-state index contributed by atoms with van der Waals surface area (Å²) in [5, 5.41) is 0.149. The molecule has 2 heterocycles. The van der Waals surface area contributed by atoms with Gasteiger partial charge in [-0.15, -0.1) is 0 Å². The van der Waals surface area contributed by atoms with Crippen molar-refractivity contribution in [1.29, 1.82) is 0 Å². The first-order valence-electron chi connectivity index (χ1n) is 9.36. The van der Waals surface area contributed by atoms with Crippen LogP contribution in [0.15, 0.2) is 29.2 Å². The molecular formula is C21H23FN2O4. The van der Waals surface area contributed by atoms with Crippen molar-refractivity contribution in [1.82, 2.24) is 9.47 Å². The monoisotopic (exact) mass is 386 g/mol. The molecule has 0 atom stereocenters. The van der Waals surface area contributed by atoms with E-state index in [1.54, 1.807) is 22.5 Å². The van der Waals surface area contributed by atoms with Crippen LogP contribution in [0.4, 0.5) is 4.39 Å². The van der Waals surface area contributed by atoms with E-state index in [4.69, 9.17) is 4.74 Å². The summed E-state index contributed by atoms with van der Waals surface area (Å²) in [4.78, 5) is 38.0. The van der Waals surface area contributed by atoms with Crippen LogP contribution in [-0.4, -0.2) is 41.0 Å². The Hall–Kier alpha value is -2.96. The van der Waals surface area contributed by atoms with E-state index in [-0.39, 0.29) is 23.5 Å². The Morgan fingerprint density at radius 3 is 2.57 bits per heavy atom. The molecule has 0 aliphatic carbocycles. The molecule has 6 nitrogen and oxygen atoms in total. The smallest absolute Gasteiger partial charge is 0.343 e. The molecular weight excluding hydrogens is 363 g/mol. The van der Waals surface area contributed by atoms with E-state index in [9.17, 15) is 18.8 Å². The molecule has 0 bridgehead atoms. The molecule has 7 heteroatoms. The van der Waals surface area contributed by atoms with E-state index in [1.807, 2.05) is 13.0 Å². The minimum absolute atomic E-state index is 0.0133. The maximum absolute atomic E-state index is 14.9. The zero-order valence-electron chi connectivity index (χ0n) is 16.3. The van der Waals surface area contributed by atoms with Crippen LogP contribution in [-0.2, 0) is 16.1 Å². The summed E-state index contributed by atoms with van der Waals surface area (Å²) in [6.07, 6.45) is 3.85. The van der Waals surface area contributed by atoms with Crippen molar-refractivity contribution in [2.75, 3.05) is 19.7 Å². The predicted octanol–water partition coefficient (Wildman–Crippen LogP) is 2.97. The predicted molar refractivity (Wildman–Crippen MR) is 105 cm³/mol. The number of amides is 1. The van der Waals surface area contributed by atoms with Crippen LogP contribution in [0.5, 0.6) is 0 Å². The molecule has 2 aromatic rings. The number of halogens is 1. The molecule has 1 aliphatic rings. The quantitative estimate of drug-likeness (QED) is 0.758. The van der Waals surface area contributed by atoms with Crippen molar-refractivity contribution in [3.8, 4) is 0 Å². The molecule has 28 heavy (non-hydrogen) atoms. The Balaban J connectivity index is 2.13. The van der Waals surface area contributed by atoms with Crippen molar-refractivity contribution < 1.29 is 18.7 Å². The van der Waals surface area contributed by atoms with Gasteiger partial charge in [0, 0.05) is 43.7 Å². The Kier molecular flexibility index (Phi) is 5.63. The Morgan fingerprint density at radius 2 is 2.00 bits per heavy atom. The molecule has 0 saturated heterocycles. The SMILES string of the molecule is CCOC(=O)c1cn(CC)c2cc(C3=CCN(C(C)=O)CC3)c(F)cc2c1=O. The maximum atomic E-state index is 14.9. The average Bonchev–Trinajstić information content (AvgIpc) is 2.68. The van der Waals surface area contributed by atoms with E-state index >= 15 is 0 Å². The highest BCUT2D eigenvalue weighted by molar-refractivity contribution is 5.94. The lowest BCUT2D eigenvalue weighted by molar-refractivity contribution is -0.128. The van der Waals surface area contributed by atoms with Crippen LogP contribution >= 0.6 is 0 Å². The third kappa shape index (κ3) is 3.56. The topological polar surface area (TPSA) is 68.6 Å². The van der Waals surface area contributed by atoms with Gasteiger partial charge in [-0.05, 0) is 38.0 Å². The fourth-order valence-corrected chi connectivity index (χ4v) is 3.47. The van der Waals surface area contributed by atoms with Crippen LogP contribution in [0.1, 0.15) is 43.1 Å². The maximum Gasteiger partial charge on any atom is 0.343 e. The highest BCUT2D eigenvalue weighted by Gasteiger charge is 2.21. The Morgan fingerprint density at radius 1 is 1.25 bits per heavy atom. The summed E-state index contributed by atoms with van der Waals surface area (Å²) in [6, 6.07) is 2.85. The van der Waals surface area contributed by atoms with Gasteiger partial charge < -0.3 is 14.2 Å². The van der Waals surface area contributed by atoms with E-state index in [0.717, 1.165) is 5.57 Å². The number of esters is 1. The molecule has 0 saturated carbocycles. The zero-order valence-corrected chi connectivity index (χ0v) is 16.3. The second kappa shape index (κ2) is 7.96. The zero-order chi connectivity index (χ0) is 20.4. The highest BCUT2D eigenvalue weighted by atomic mass is 19.1. The summed E-state index contributed by atoms with van der Waals surface area (Å²) in [7, 11) is 0. The van der Waals surface area contributed by atoms with Crippen LogP contribution in [0, 0.1) is 5.82 Å². The first-order valence-corrected chi connectivity index (χ1v) is 9.36. The molecule has 0 spiro atoms. The van der Waals surface area contributed by atoms with Crippen molar-refractivity contribution in [3.05, 3.63) is 51.6 Å². The van der Waals surface area contributed by atoms with Gasteiger partial charge in [0.25, 0.3) is 0 Å². The third-order valence-corrected chi connectivity index (χ3v) is 5.01. The molecule has 1 aromatic carbocycles. The van der Waals surface area contributed by atoms with Crippen molar-refractivity contribution in [3.63, 3.8) is 0 Å². The van der Waals surface area contributed by atoms with Gasteiger partial charge in [0.15, 0.2) is 0 Å². The Labute approximate surface area is 162 Å². The van der Waals surface area contributed by atoms with Crippen molar-refractivity contribution in [2.24, 2.45) is 0 Å². The number of hydrogen-bond donors (Lipinski definition) is 0. The number of carbonyl (C=O) groups excluding carboxylic acids is 2. The lowest BCUT2D eigenvalue weighted by atomic mass is 9.97. The molecule has 148 valence electrons. The third-order valence-electron chi connectivity index (χ3n) is 5.01. The van der Waals surface area contributed by atoms with Gasteiger partial charge in [-0.3, -0.25) is 9.59 Å². The molecule has 0 radical (unpaired) electrons. The van der Waals surface area contributed by atoms with Gasteiger partial charge in [0.2, 0.25) is 11.3 Å². The van der Waals surface area contributed by atoms with Crippen LogP contribution < -0.4 is 5.43 Å². The van der Waals surface area contributed by atoms with Gasteiger partial charge in [-0.2, -0.15) is 0 Å². The van der Waals surface area contributed by atoms with Crippen LogP contribution in [0.3, 0.4) is 0 Å². The van der Waals surface area contributed by atoms with E-state index in [1.165, 1.54) is 19.2 Å². The van der Waals surface area contributed by atoms with Crippen LogP contribution in [0.2, 0.25) is 0 Å². The number of nitrogens with zero attached hydrogens (tertiary/aromatic N) is 2. The van der Waals surface area contributed by atoms with Crippen molar-refractivity contribution >= 4 is 28.4 Å². The van der Waals surface area contributed by atoms with Gasteiger partial charge in [-0.25, -0.2) is 9.18 Å². The number of carbonyl (C=O) groups is 2. The highest BCUT2D eigenvalue weighted by Crippen LogP contribution is 2.28. The number of aryl methyl sites for hydroxylation is 1. The molecule has 0 unspecified atom stereocenters. The minimum atomic E-state index is -0.708. The molecule has 0 fully saturated rings. The van der Waals surface area contributed by atoms with E-state index in [2.05, 4.69) is 0 Å². The largest absolute Gasteiger partial charge is 0.462 e. The van der Waals surface area contributed by atoms with Gasteiger partial charge in [0.1, 0.15) is 11.4 Å². The summed E-state index contributed by atoms with van der Waals surface area (Å²) in [5.41, 5.74) is 1.15. The van der Waals surface area contributed by atoms with Gasteiger partial charge in [0.05, 0.1) is 12.1 Å².